The molecule has 1 saturated carbocycles. The molecule has 1 aliphatic rings. The van der Waals surface area contributed by atoms with Crippen LogP contribution in [0.5, 0.6) is 0 Å². The number of rotatable bonds is 5. The van der Waals surface area contributed by atoms with Gasteiger partial charge in [-0.2, -0.15) is 0 Å². The van der Waals surface area contributed by atoms with Crippen LogP contribution >= 0.6 is 11.8 Å². The lowest BCUT2D eigenvalue weighted by molar-refractivity contribution is 0.296. The van der Waals surface area contributed by atoms with Crippen LogP contribution in [-0.4, -0.2) is 27.0 Å². The summed E-state index contributed by atoms with van der Waals surface area (Å²) in [4.78, 5) is 17.7. The Bertz CT molecular complexity index is 693. The molecule has 118 valence electrons. The van der Waals surface area contributed by atoms with Gasteiger partial charge >= 0.3 is 0 Å². The molecular weight excluding hydrogens is 296 g/mol. The minimum atomic E-state index is 0.0870. The summed E-state index contributed by atoms with van der Waals surface area (Å²) in [5.74, 6) is 0.786. The molecule has 0 saturated heterocycles. The molecule has 22 heavy (non-hydrogen) atoms. The molecule has 2 aromatic rings. The minimum Gasteiger partial charge on any atom is -0.396 e. The van der Waals surface area contributed by atoms with Gasteiger partial charge in [0, 0.05) is 18.4 Å². The van der Waals surface area contributed by atoms with Gasteiger partial charge in [-0.05, 0) is 31.4 Å². The second-order valence-corrected chi connectivity index (χ2v) is 6.87. The number of benzene rings is 1. The van der Waals surface area contributed by atoms with E-state index in [0.29, 0.717) is 5.39 Å². The Morgan fingerprint density at radius 3 is 2.77 bits per heavy atom. The van der Waals surface area contributed by atoms with E-state index in [4.69, 9.17) is 10.1 Å². The van der Waals surface area contributed by atoms with Crippen molar-refractivity contribution in [2.24, 2.45) is 0 Å². The Morgan fingerprint density at radius 2 is 2.00 bits per heavy atom. The number of aromatic nitrogens is 2. The summed E-state index contributed by atoms with van der Waals surface area (Å²) >= 11 is 1.59. The average Bonchev–Trinajstić information content (AvgIpc) is 2.56. The molecular formula is C17H22N2O2S. The average molecular weight is 318 g/mol. The highest BCUT2D eigenvalue weighted by Gasteiger charge is 2.21. The maximum absolute atomic E-state index is 12.9. The first kappa shape index (κ1) is 15.6. The molecule has 1 aromatic heterocycles. The molecule has 0 unspecified atom stereocenters. The molecule has 0 atom stereocenters. The molecule has 0 aliphatic heterocycles. The number of hydrogen-bond acceptors (Lipinski definition) is 4. The third kappa shape index (κ3) is 3.20. The highest BCUT2D eigenvalue weighted by Crippen LogP contribution is 2.31. The van der Waals surface area contributed by atoms with Gasteiger partial charge in [0.1, 0.15) is 0 Å². The van der Waals surface area contributed by atoms with Crippen LogP contribution in [0.25, 0.3) is 10.9 Å². The fraction of sp³-hybridized carbons (Fsp3) is 0.529. The quantitative estimate of drug-likeness (QED) is 0.522. The summed E-state index contributed by atoms with van der Waals surface area (Å²) < 4.78 is 1.92. The topological polar surface area (TPSA) is 55.1 Å². The first-order valence-corrected chi connectivity index (χ1v) is 9.05. The van der Waals surface area contributed by atoms with Crippen molar-refractivity contribution < 1.29 is 5.11 Å². The Labute approximate surface area is 134 Å². The third-order valence-electron chi connectivity index (χ3n) is 4.25. The second kappa shape index (κ2) is 7.29. The van der Waals surface area contributed by atoms with Crippen LogP contribution in [0.1, 0.15) is 44.6 Å². The zero-order valence-corrected chi connectivity index (χ0v) is 13.5. The van der Waals surface area contributed by atoms with Gasteiger partial charge < -0.3 is 5.11 Å². The van der Waals surface area contributed by atoms with E-state index < -0.39 is 0 Å². The molecule has 5 heteroatoms. The molecule has 1 N–H and O–H groups in total. The fourth-order valence-corrected chi connectivity index (χ4v) is 4.11. The van der Waals surface area contributed by atoms with Crippen molar-refractivity contribution >= 4 is 22.7 Å². The SMILES string of the molecule is O=c1c2ccccc2nc(SCCCO)n1C1CCCCC1. The van der Waals surface area contributed by atoms with Gasteiger partial charge in [0.15, 0.2) is 5.16 Å². The van der Waals surface area contributed by atoms with Crippen molar-refractivity contribution in [1.82, 2.24) is 9.55 Å². The lowest BCUT2D eigenvalue weighted by Crippen LogP contribution is -2.29. The number of aliphatic hydroxyl groups excluding tert-OH is 1. The predicted octanol–water partition coefficient (Wildman–Crippen LogP) is 3.38. The predicted molar refractivity (Wildman–Crippen MR) is 90.6 cm³/mol. The summed E-state index contributed by atoms with van der Waals surface area (Å²) in [6.07, 6.45) is 6.48. The number of nitrogens with zero attached hydrogens (tertiary/aromatic N) is 2. The second-order valence-electron chi connectivity index (χ2n) is 5.80. The van der Waals surface area contributed by atoms with Crippen LogP contribution in [-0.2, 0) is 0 Å². The normalized spacial score (nSPS) is 16.2. The highest BCUT2D eigenvalue weighted by atomic mass is 32.2. The molecule has 1 aliphatic carbocycles. The van der Waals surface area contributed by atoms with Crippen molar-refractivity contribution in [3.05, 3.63) is 34.6 Å². The van der Waals surface area contributed by atoms with Crippen LogP contribution in [0.4, 0.5) is 0 Å². The summed E-state index contributed by atoms with van der Waals surface area (Å²) in [7, 11) is 0. The summed E-state index contributed by atoms with van der Waals surface area (Å²) in [6.45, 7) is 0.175. The molecule has 0 radical (unpaired) electrons. The monoisotopic (exact) mass is 318 g/mol. The molecule has 1 aromatic carbocycles. The number of para-hydroxylation sites is 1. The van der Waals surface area contributed by atoms with Crippen molar-refractivity contribution in [2.75, 3.05) is 12.4 Å². The Hall–Kier alpha value is -1.33. The third-order valence-corrected chi connectivity index (χ3v) is 5.29. The number of thioether (sulfide) groups is 1. The van der Waals surface area contributed by atoms with Gasteiger partial charge in [-0.25, -0.2) is 4.98 Å². The van der Waals surface area contributed by atoms with Gasteiger partial charge in [0.25, 0.3) is 5.56 Å². The Morgan fingerprint density at radius 1 is 1.23 bits per heavy atom. The lowest BCUT2D eigenvalue weighted by Gasteiger charge is -2.26. The van der Waals surface area contributed by atoms with E-state index in [2.05, 4.69) is 0 Å². The van der Waals surface area contributed by atoms with Gasteiger partial charge in [0.2, 0.25) is 0 Å². The van der Waals surface area contributed by atoms with E-state index in [1.807, 2.05) is 28.8 Å². The largest absolute Gasteiger partial charge is 0.396 e. The molecule has 1 fully saturated rings. The van der Waals surface area contributed by atoms with Crippen LogP contribution in [0, 0.1) is 0 Å². The highest BCUT2D eigenvalue weighted by molar-refractivity contribution is 7.99. The molecule has 0 bridgehead atoms. The van der Waals surface area contributed by atoms with Crippen LogP contribution in [0.15, 0.2) is 34.2 Å². The maximum Gasteiger partial charge on any atom is 0.262 e. The lowest BCUT2D eigenvalue weighted by atomic mass is 9.95. The maximum atomic E-state index is 12.9. The van der Waals surface area contributed by atoms with E-state index in [0.717, 1.165) is 35.7 Å². The number of hydrogen-bond donors (Lipinski definition) is 1. The Balaban J connectivity index is 2.06. The zero-order chi connectivity index (χ0) is 15.4. The van der Waals surface area contributed by atoms with Gasteiger partial charge in [-0.1, -0.05) is 43.2 Å². The van der Waals surface area contributed by atoms with Crippen LogP contribution in [0.2, 0.25) is 0 Å². The standard InChI is InChI=1S/C17H22N2O2S/c20-11-6-12-22-17-18-15-10-5-4-9-14(15)16(21)19(17)13-7-2-1-3-8-13/h4-5,9-10,13,20H,1-3,6-8,11-12H2. The molecule has 3 rings (SSSR count). The molecule has 4 nitrogen and oxygen atoms in total. The van der Waals surface area contributed by atoms with E-state index >= 15 is 0 Å². The van der Waals surface area contributed by atoms with E-state index in [9.17, 15) is 4.79 Å². The van der Waals surface area contributed by atoms with Crippen molar-refractivity contribution in [3.8, 4) is 0 Å². The van der Waals surface area contributed by atoms with Crippen LogP contribution < -0.4 is 5.56 Å². The fourth-order valence-electron chi connectivity index (χ4n) is 3.12. The van der Waals surface area contributed by atoms with Gasteiger partial charge in [-0.15, -0.1) is 0 Å². The van der Waals surface area contributed by atoms with E-state index in [1.165, 1.54) is 19.3 Å². The molecule has 0 amide bonds. The first-order chi connectivity index (χ1) is 10.8. The zero-order valence-electron chi connectivity index (χ0n) is 12.7. The van der Waals surface area contributed by atoms with E-state index in [-0.39, 0.29) is 18.2 Å². The summed E-state index contributed by atoms with van der Waals surface area (Å²) in [6, 6.07) is 7.86. The molecule has 0 spiro atoms. The van der Waals surface area contributed by atoms with Crippen LogP contribution in [0.3, 0.4) is 0 Å². The smallest absolute Gasteiger partial charge is 0.262 e. The van der Waals surface area contributed by atoms with Gasteiger partial charge in [0.05, 0.1) is 10.9 Å². The molecule has 1 heterocycles. The van der Waals surface area contributed by atoms with Crippen molar-refractivity contribution in [3.63, 3.8) is 0 Å². The number of aliphatic hydroxyl groups is 1. The van der Waals surface area contributed by atoms with E-state index in [1.54, 1.807) is 11.8 Å². The first-order valence-electron chi connectivity index (χ1n) is 8.06. The minimum absolute atomic E-state index is 0.0870. The van der Waals surface area contributed by atoms with Crippen molar-refractivity contribution in [1.29, 1.82) is 0 Å². The Kier molecular flexibility index (Phi) is 5.16. The van der Waals surface area contributed by atoms with Crippen molar-refractivity contribution in [2.45, 2.75) is 49.7 Å². The summed E-state index contributed by atoms with van der Waals surface area (Å²) in [5, 5.41) is 10.5. The summed E-state index contributed by atoms with van der Waals surface area (Å²) in [5.41, 5.74) is 0.857. The number of fused-ring (bicyclic) bond motifs is 1. The van der Waals surface area contributed by atoms with Gasteiger partial charge in [-0.3, -0.25) is 9.36 Å².